The topological polar surface area (TPSA) is 44.5 Å². The summed E-state index contributed by atoms with van der Waals surface area (Å²) in [6.07, 6.45) is 7.20. The van der Waals surface area contributed by atoms with E-state index in [1.165, 1.54) is 31.2 Å². The zero-order chi connectivity index (χ0) is 14.7. The fourth-order valence-corrected chi connectivity index (χ4v) is 3.75. The molecule has 2 aliphatic rings. The molecular weight excluding hydrogens is 262 g/mol. The second-order valence-electron chi connectivity index (χ2n) is 6.49. The highest BCUT2D eigenvalue weighted by atomic mass is 16.5. The molecule has 0 radical (unpaired) electrons. The molecule has 2 N–H and O–H groups in total. The molecule has 1 aromatic carbocycles. The van der Waals surface area contributed by atoms with Crippen LogP contribution < -0.4 is 15.2 Å². The van der Waals surface area contributed by atoms with E-state index in [1.807, 2.05) is 0 Å². The van der Waals surface area contributed by atoms with E-state index in [4.69, 9.17) is 15.2 Å². The van der Waals surface area contributed by atoms with Crippen LogP contribution in [0.25, 0.3) is 0 Å². The van der Waals surface area contributed by atoms with Gasteiger partial charge in [0.15, 0.2) is 11.5 Å². The van der Waals surface area contributed by atoms with Gasteiger partial charge in [-0.25, -0.2) is 0 Å². The van der Waals surface area contributed by atoms with Gasteiger partial charge in [0.25, 0.3) is 0 Å². The van der Waals surface area contributed by atoms with E-state index >= 15 is 0 Å². The molecule has 1 fully saturated rings. The molecule has 1 aromatic rings. The van der Waals surface area contributed by atoms with Crippen LogP contribution in [-0.2, 0) is 0 Å². The summed E-state index contributed by atoms with van der Waals surface area (Å²) >= 11 is 0. The van der Waals surface area contributed by atoms with Crippen molar-refractivity contribution in [3.63, 3.8) is 0 Å². The molecule has 0 bridgehead atoms. The molecule has 116 valence electrons. The maximum atomic E-state index is 6.40. The number of hydrogen-bond acceptors (Lipinski definition) is 3. The highest BCUT2D eigenvalue weighted by molar-refractivity contribution is 5.44. The minimum atomic E-state index is 0.280. The van der Waals surface area contributed by atoms with Crippen LogP contribution in [0.5, 0.6) is 11.5 Å². The monoisotopic (exact) mass is 289 g/mol. The van der Waals surface area contributed by atoms with E-state index in [0.29, 0.717) is 5.92 Å². The Morgan fingerprint density at radius 3 is 2.76 bits per heavy atom. The van der Waals surface area contributed by atoms with Gasteiger partial charge in [-0.05, 0) is 48.8 Å². The van der Waals surface area contributed by atoms with Crippen molar-refractivity contribution in [1.82, 2.24) is 0 Å². The normalized spacial score (nSPS) is 29.0. The number of hydrogen-bond donors (Lipinski definition) is 1. The third-order valence-electron chi connectivity index (χ3n) is 4.91. The van der Waals surface area contributed by atoms with Crippen LogP contribution in [-0.4, -0.2) is 19.3 Å². The summed E-state index contributed by atoms with van der Waals surface area (Å²) in [5.74, 6) is 3.07. The second kappa shape index (κ2) is 6.69. The lowest BCUT2D eigenvalue weighted by Gasteiger charge is -2.34. The highest BCUT2D eigenvalue weighted by Crippen LogP contribution is 2.40. The van der Waals surface area contributed by atoms with Gasteiger partial charge in [0.05, 0.1) is 13.2 Å². The van der Waals surface area contributed by atoms with Gasteiger partial charge in [0, 0.05) is 12.5 Å². The Kier molecular flexibility index (Phi) is 4.69. The van der Waals surface area contributed by atoms with Crippen molar-refractivity contribution < 1.29 is 9.47 Å². The Bertz CT molecular complexity index is 474. The van der Waals surface area contributed by atoms with Crippen molar-refractivity contribution >= 4 is 0 Å². The lowest BCUT2D eigenvalue weighted by molar-refractivity contribution is 0.273. The molecule has 0 amide bonds. The molecule has 1 saturated carbocycles. The molecule has 1 aliphatic heterocycles. The SMILES string of the molecule is CCCC1CCC(N)C(c2ccc3c(c2)OCCCO3)C1. The Labute approximate surface area is 127 Å². The average molecular weight is 289 g/mol. The zero-order valence-electron chi connectivity index (χ0n) is 13.0. The molecule has 3 atom stereocenters. The third-order valence-corrected chi connectivity index (χ3v) is 4.91. The summed E-state index contributed by atoms with van der Waals surface area (Å²) in [7, 11) is 0. The zero-order valence-corrected chi connectivity index (χ0v) is 13.0. The van der Waals surface area contributed by atoms with Crippen LogP contribution in [0.15, 0.2) is 18.2 Å². The largest absolute Gasteiger partial charge is 0.490 e. The minimum absolute atomic E-state index is 0.280. The van der Waals surface area contributed by atoms with Crippen LogP contribution >= 0.6 is 0 Å². The second-order valence-corrected chi connectivity index (χ2v) is 6.49. The van der Waals surface area contributed by atoms with Crippen LogP contribution in [0.2, 0.25) is 0 Å². The molecule has 3 rings (SSSR count). The lowest BCUT2D eigenvalue weighted by Crippen LogP contribution is -2.34. The molecule has 0 saturated heterocycles. The minimum Gasteiger partial charge on any atom is -0.490 e. The Balaban J connectivity index is 1.80. The first kappa shape index (κ1) is 14.7. The van der Waals surface area contributed by atoms with Crippen molar-refractivity contribution in [3.8, 4) is 11.5 Å². The quantitative estimate of drug-likeness (QED) is 0.919. The van der Waals surface area contributed by atoms with Gasteiger partial charge in [-0.3, -0.25) is 0 Å². The number of fused-ring (bicyclic) bond motifs is 1. The predicted octanol–water partition coefficient (Wildman–Crippen LogP) is 3.86. The summed E-state index contributed by atoms with van der Waals surface area (Å²) in [5.41, 5.74) is 7.73. The van der Waals surface area contributed by atoms with Crippen LogP contribution in [0.1, 0.15) is 56.9 Å². The molecule has 3 nitrogen and oxygen atoms in total. The van der Waals surface area contributed by atoms with E-state index in [2.05, 4.69) is 25.1 Å². The first-order chi connectivity index (χ1) is 10.3. The first-order valence-electron chi connectivity index (χ1n) is 8.43. The summed E-state index contributed by atoms with van der Waals surface area (Å²) in [6, 6.07) is 6.70. The first-order valence-corrected chi connectivity index (χ1v) is 8.43. The number of rotatable bonds is 3. The van der Waals surface area contributed by atoms with Crippen LogP contribution in [0, 0.1) is 5.92 Å². The van der Waals surface area contributed by atoms with Crippen molar-refractivity contribution in [3.05, 3.63) is 23.8 Å². The maximum absolute atomic E-state index is 6.40. The van der Waals surface area contributed by atoms with E-state index in [1.54, 1.807) is 0 Å². The lowest BCUT2D eigenvalue weighted by atomic mass is 9.74. The number of benzene rings is 1. The predicted molar refractivity (Wildman–Crippen MR) is 85.0 cm³/mol. The summed E-state index contributed by atoms with van der Waals surface area (Å²) in [5, 5.41) is 0. The number of nitrogens with two attached hydrogens (primary N) is 1. The molecule has 1 heterocycles. The molecule has 1 aliphatic carbocycles. The molecular formula is C18H27NO2. The van der Waals surface area contributed by atoms with Gasteiger partial charge < -0.3 is 15.2 Å². The standard InChI is InChI=1S/C18H27NO2/c1-2-4-13-5-7-16(19)15(11-13)14-6-8-17-18(12-14)21-10-3-9-20-17/h6,8,12-13,15-16H,2-5,7,9-11,19H2,1H3. The van der Waals surface area contributed by atoms with Gasteiger partial charge in [-0.2, -0.15) is 0 Å². The molecule has 3 unspecified atom stereocenters. The fraction of sp³-hybridized carbons (Fsp3) is 0.667. The van der Waals surface area contributed by atoms with Crippen molar-refractivity contribution in [2.75, 3.05) is 13.2 Å². The smallest absolute Gasteiger partial charge is 0.161 e. The molecule has 21 heavy (non-hydrogen) atoms. The highest BCUT2D eigenvalue weighted by Gasteiger charge is 2.29. The van der Waals surface area contributed by atoms with Crippen molar-refractivity contribution in [2.24, 2.45) is 11.7 Å². The Hall–Kier alpha value is -1.22. The van der Waals surface area contributed by atoms with Crippen LogP contribution in [0.3, 0.4) is 0 Å². The van der Waals surface area contributed by atoms with E-state index in [9.17, 15) is 0 Å². The Morgan fingerprint density at radius 1 is 1.14 bits per heavy atom. The average Bonchev–Trinajstić information content (AvgIpc) is 2.74. The maximum Gasteiger partial charge on any atom is 0.161 e. The third kappa shape index (κ3) is 3.34. The van der Waals surface area contributed by atoms with Crippen LogP contribution in [0.4, 0.5) is 0 Å². The van der Waals surface area contributed by atoms with Gasteiger partial charge >= 0.3 is 0 Å². The van der Waals surface area contributed by atoms with Gasteiger partial charge in [0.1, 0.15) is 0 Å². The molecule has 0 spiro atoms. The number of ether oxygens (including phenoxy) is 2. The van der Waals surface area contributed by atoms with E-state index in [-0.39, 0.29) is 6.04 Å². The molecule has 3 heteroatoms. The van der Waals surface area contributed by atoms with Gasteiger partial charge in [0.2, 0.25) is 0 Å². The van der Waals surface area contributed by atoms with Gasteiger partial charge in [-0.1, -0.05) is 25.8 Å². The van der Waals surface area contributed by atoms with Crippen molar-refractivity contribution in [2.45, 2.75) is 57.4 Å². The summed E-state index contributed by atoms with van der Waals surface area (Å²) in [4.78, 5) is 0. The summed E-state index contributed by atoms with van der Waals surface area (Å²) in [6.45, 7) is 3.76. The van der Waals surface area contributed by atoms with E-state index < -0.39 is 0 Å². The van der Waals surface area contributed by atoms with Crippen molar-refractivity contribution in [1.29, 1.82) is 0 Å². The summed E-state index contributed by atoms with van der Waals surface area (Å²) < 4.78 is 11.5. The van der Waals surface area contributed by atoms with E-state index in [0.717, 1.165) is 43.5 Å². The molecule has 0 aromatic heterocycles. The van der Waals surface area contributed by atoms with Gasteiger partial charge in [-0.15, -0.1) is 0 Å². The Morgan fingerprint density at radius 2 is 1.95 bits per heavy atom. The fourth-order valence-electron chi connectivity index (χ4n) is 3.75.